The molecule has 0 radical (unpaired) electrons. The molecular weight excluding hydrogens is 278 g/mol. The first-order valence-electron chi connectivity index (χ1n) is 7.17. The number of benzene rings is 2. The Morgan fingerprint density at radius 2 is 1.86 bits per heavy atom. The number of para-hydroxylation sites is 2. The van der Waals surface area contributed by atoms with Gasteiger partial charge in [0.25, 0.3) is 5.91 Å². The van der Waals surface area contributed by atoms with Crippen molar-refractivity contribution >= 4 is 16.9 Å². The molecule has 2 N–H and O–H groups in total. The number of hydrogen-bond donors (Lipinski definition) is 2. The number of aromatic nitrogens is 2. The van der Waals surface area contributed by atoms with Crippen molar-refractivity contribution in [3.05, 3.63) is 70.1 Å². The summed E-state index contributed by atoms with van der Waals surface area (Å²) in [7, 11) is 0. The zero-order chi connectivity index (χ0) is 15.5. The number of nitrogens with one attached hydrogen (secondary N) is 2. The number of carbonyl (C=O) groups is 1. The summed E-state index contributed by atoms with van der Waals surface area (Å²) in [6.07, 6.45) is 0. The summed E-state index contributed by atoms with van der Waals surface area (Å²) in [5, 5.41) is 2.84. The molecule has 0 saturated heterocycles. The van der Waals surface area contributed by atoms with Gasteiger partial charge in [-0.1, -0.05) is 29.8 Å². The van der Waals surface area contributed by atoms with Crippen LogP contribution in [0.25, 0.3) is 11.0 Å². The van der Waals surface area contributed by atoms with Crippen molar-refractivity contribution in [2.75, 3.05) is 6.54 Å². The average molecular weight is 295 g/mol. The van der Waals surface area contributed by atoms with Crippen molar-refractivity contribution in [1.29, 1.82) is 0 Å². The van der Waals surface area contributed by atoms with Gasteiger partial charge in [-0.2, -0.15) is 0 Å². The average Bonchev–Trinajstić information content (AvgIpc) is 2.84. The Labute approximate surface area is 127 Å². The lowest BCUT2D eigenvalue weighted by Gasteiger charge is -2.06. The second kappa shape index (κ2) is 5.89. The van der Waals surface area contributed by atoms with Gasteiger partial charge in [-0.25, -0.2) is 4.79 Å². The zero-order valence-corrected chi connectivity index (χ0v) is 12.3. The number of aromatic amines is 1. The predicted molar refractivity (Wildman–Crippen MR) is 86.1 cm³/mol. The lowest BCUT2D eigenvalue weighted by atomic mass is 10.1. The molecule has 0 unspecified atom stereocenters. The van der Waals surface area contributed by atoms with Crippen LogP contribution in [0.5, 0.6) is 0 Å². The maximum atomic E-state index is 12.0. The second-order valence-electron chi connectivity index (χ2n) is 5.22. The molecule has 0 bridgehead atoms. The van der Waals surface area contributed by atoms with Crippen molar-refractivity contribution in [1.82, 2.24) is 14.9 Å². The molecule has 112 valence electrons. The normalized spacial score (nSPS) is 10.8. The summed E-state index contributed by atoms with van der Waals surface area (Å²) in [5.74, 6) is -0.132. The minimum Gasteiger partial charge on any atom is -0.350 e. The van der Waals surface area contributed by atoms with Gasteiger partial charge < -0.3 is 10.3 Å². The molecule has 0 aliphatic carbocycles. The van der Waals surface area contributed by atoms with Crippen LogP contribution in [0.4, 0.5) is 0 Å². The Morgan fingerprint density at radius 1 is 1.14 bits per heavy atom. The third-order valence-electron chi connectivity index (χ3n) is 3.62. The lowest BCUT2D eigenvalue weighted by Crippen LogP contribution is -2.30. The minimum absolute atomic E-state index is 0.132. The highest BCUT2D eigenvalue weighted by atomic mass is 16.2. The Hall–Kier alpha value is -2.82. The van der Waals surface area contributed by atoms with E-state index in [1.54, 1.807) is 16.7 Å². The molecule has 0 fully saturated rings. The largest absolute Gasteiger partial charge is 0.350 e. The topological polar surface area (TPSA) is 66.9 Å². The number of amides is 1. The molecule has 1 aromatic heterocycles. The molecule has 1 heterocycles. The van der Waals surface area contributed by atoms with Gasteiger partial charge in [-0.05, 0) is 31.2 Å². The molecule has 0 spiro atoms. The maximum Gasteiger partial charge on any atom is 0.326 e. The predicted octanol–water partition coefficient (Wildman–Crippen LogP) is 2.07. The van der Waals surface area contributed by atoms with Gasteiger partial charge in [0.1, 0.15) is 0 Å². The highest BCUT2D eigenvalue weighted by Gasteiger charge is 2.07. The van der Waals surface area contributed by atoms with E-state index < -0.39 is 0 Å². The van der Waals surface area contributed by atoms with Gasteiger partial charge >= 0.3 is 5.69 Å². The van der Waals surface area contributed by atoms with Crippen LogP contribution < -0.4 is 11.0 Å². The van der Waals surface area contributed by atoms with Crippen molar-refractivity contribution in [2.24, 2.45) is 0 Å². The van der Waals surface area contributed by atoms with Crippen LogP contribution in [0.2, 0.25) is 0 Å². The molecule has 0 aliphatic rings. The Balaban J connectivity index is 1.67. The number of imidazole rings is 1. The zero-order valence-electron chi connectivity index (χ0n) is 12.3. The number of hydrogen-bond acceptors (Lipinski definition) is 2. The van der Waals surface area contributed by atoms with E-state index in [1.165, 1.54) is 0 Å². The summed E-state index contributed by atoms with van der Waals surface area (Å²) < 4.78 is 1.63. The molecule has 5 nitrogen and oxygen atoms in total. The van der Waals surface area contributed by atoms with E-state index in [0.717, 1.165) is 16.6 Å². The molecule has 3 rings (SSSR count). The molecule has 22 heavy (non-hydrogen) atoms. The third kappa shape index (κ3) is 2.79. The minimum atomic E-state index is -0.161. The van der Waals surface area contributed by atoms with Crippen LogP contribution in [0, 0.1) is 6.92 Å². The van der Waals surface area contributed by atoms with Crippen LogP contribution in [0.3, 0.4) is 0 Å². The molecule has 2 aromatic carbocycles. The van der Waals surface area contributed by atoms with Crippen LogP contribution in [0.1, 0.15) is 15.9 Å². The second-order valence-corrected chi connectivity index (χ2v) is 5.22. The first-order chi connectivity index (χ1) is 10.6. The number of fused-ring (bicyclic) bond motifs is 1. The van der Waals surface area contributed by atoms with Gasteiger partial charge in [0.2, 0.25) is 0 Å². The highest BCUT2D eigenvalue weighted by molar-refractivity contribution is 5.94. The Morgan fingerprint density at radius 3 is 2.64 bits per heavy atom. The summed E-state index contributed by atoms with van der Waals surface area (Å²) in [4.78, 5) is 26.7. The van der Waals surface area contributed by atoms with Gasteiger partial charge in [0.15, 0.2) is 0 Å². The number of aryl methyl sites for hydroxylation is 1. The smallest absolute Gasteiger partial charge is 0.326 e. The molecule has 0 atom stereocenters. The van der Waals surface area contributed by atoms with Crippen molar-refractivity contribution in [2.45, 2.75) is 13.5 Å². The summed E-state index contributed by atoms with van der Waals surface area (Å²) >= 11 is 0. The summed E-state index contributed by atoms with van der Waals surface area (Å²) in [6, 6.07) is 14.9. The first kappa shape index (κ1) is 14.1. The van der Waals surface area contributed by atoms with Crippen LogP contribution >= 0.6 is 0 Å². The van der Waals surface area contributed by atoms with E-state index in [4.69, 9.17) is 0 Å². The van der Waals surface area contributed by atoms with Gasteiger partial charge in [-0.3, -0.25) is 9.36 Å². The fraction of sp³-hybridized carbons (Fsp3) is 0.176. The lowest BCUT2D eigenvalue weighted by molar-refractivity contribution is 0.0952. The van der Waals surface area contributed by atoms with Crippen molar-refractivity contribution < 1.29 is 4.79 Å². The van der Waals surface area contributed by atoms with E-state index in [1.807, 2.05) is 43.3 Å². The quantitative estimate of drug-likeness (QED) is 0.773. The number of rotatable bonds is 4. The monoisotopic (exact) mass is 295 g/mol. The van der Waals surface area contributed by atoms with Gasteiger partial charge in [0, 0.05) is 18.7 Å². The standard InChI is InChI=1S/C17H17N3O2/c1-12-6-8-13(9-7-12)16(21)18-10-11-20-15-5-3-2-4-14(15)19-17(20)22/h2-9H,10-11H2,1H3,(H,18,21)(H,19,22). The molecule has 0 aliphatic heterocycles. The fourth-order valence-electron chi connectivity index (χ4n) is 2.42. The third-order valence-corrected chi connectivity index (χ3v) is 3.62. The number of nitrogens with zero attached hydrogens (tertiary/aromatic N) is 1. The molecular formula is C17H17N3O2. The summed E-state index contributed by atoms with van der Waals surface area (Å²) in [6.45, 7) is 2.81. The highest BCUT2D eigenvalue weighted by Crippen LogP contribution is 2.08. The Bertz CT molecular complexity index is 859. The van der Waals surface area contributed by atoms with Crippen molar-refractivity contribution in [3.63, 3.8) is 0 Å². The van der Waals surface area contributed by atoms with E-state index in [-0.39, 0.29) is 11.6 Å². The van der Waals surface area contributed by atoms with Gasteiger partial charge in [0.05, 0.1) is 11.0 Å². The van der Waals surface area contributed by atoms with E-state index in [0.29, 0.717) is 18.7 Å². The van der Waals surface area contributed by atoms with Crippen LogP contribution in [-0.4, -0.2) is 22.0 Å². The number of H-pyrrole nitrogens is 1. The van der Waals surface area contributed by atoms with Crippen LogP contribution in [0.15, 0.2) is 53.3 Å². The van der Waals surface area contributed by atoms with E-state index >= 15 is 0 Å². The maximum absolute atomic E-state index is 12.0. The Kier molecular flexibility index (Phi) is 3.78. The molecule has 1 amide bonds. The molecule has 0 saturated carbocycles. The van der Waals surface area contributed by atoms with E-state index in [2.05, 4.69) is 10.3 Å². The fourth-order valence-corrected chi connectivity index (χ4v) is 2.42. The SMILES string of the molecule is Cc1ccc(C(=O)NCCn2c(=O)[nH]c3ccccc32)cc1. The van der Waals surface area contributed by atoms with Crippen LogP contribution in [-0.2, 0) is 6.54 Å². The van der Waals surface area contributed by atoms with E-state index in [9.17, 15) is 9.59 Å². The van der Waals surface area contributed by atoms with Crippen molar-refractivity contribution in [3.8, 4) is 0 Å². The first-order valence-corrected chi connectivity index (χ1v) is 7.17. The van der Waals surface area contributed by atoms with Gasteiger partial charge in [-0.15, -0.1) is 0 Å². The molecule has 3 aromatic rings. The molecule has 5 heteroatoms. The number of carbonyl (C=O) groups excluding carboxylic acids is 1. The summed E-state index contributed by atoms with van der Waals surface area (Å²) in [5.41, 5.74) is 3.22.